The average molecular weight is 444 g/mol. The monoisotopic (exact) mass is 443 g/mol. The molecule has 0 N–H and O–H groups in total. The van der Waals surface area contributed by atoms with Crippen LogP contribution in [0, 0.1) is 41.5 Å². The van der Waals surface area contributed by atoms with E-state index in [0.29, 0.717) is 0 Å². The first kappa shape index (κ1) is 25.2. The Labute approximate surface area is 202 Å². The highest BCUT2D eigenvalue weighted by Gasteiger charge is 2.19. The summed E-state index contributed by atoms with van der Waals surface area (Å²) in [5, 5.41) is 0. The number of hydrogen-bond donors (Lipinski definition) is 0. The summed E-state index contributed by atoms with van der Waals surface area (Å²) in [7, 11) is 4.73. The van der Waals surface area contributed by atoms with Gasteiger partial charge in [0.05, 0.1) is 20.6 Å². The van der Waals surface area contributed by atoms with E-state index in [1.165, 1.54) is 50.1 Å². The fourth-order valence-corrected chi connectivity index (χ4v) is 5.20. The van der Waals surface area contributed by atoms with E-state index in [-0.39, 0.29) is 0 Å². The molecule has 0 aromatic heterocycles. The number of likely N-dealkylation sites (N-methyl/N-ethyl adjacent to an activating group) is 1. The molecule has 3 rings (SSSR count). The third kappa shape index (κ3) is 8.14. The number of quaternary nitrogens is 1. The molecule has 0 fully saturated rings. The lowest BCUT2D eigenvalue weighted by molar-refractivity contribution is -0.903. The van der Waals surface area contributed by atoms with Crippen molar-refractivity contribution in [3.8, 4) is 0 Å². The van der Waals surface area contributed by atoms with Gasteiger partial charge in [-0.15, -0.1) is 0 Å². The normalized spacial score (nSPS) is 11.9. The van der Waals surface area contributed by atoms with Crippen LogP contribution in [0.2, 0.25) is 0 Å². The van der Waals surface area contributed by atoms with Crippen molar-refractivity contribution in [2.45, 2.75) is 61.2 Å². The summed E-state index contributed by atoms with van der Waals surface area (Å²) in [6, 6.07) is 20.9. The van der Waals surface area contributed by atoms with Crippen LogP contribution in [0.5, 0.6) is 0 Å². The molecule has 0 unspecified atom stereocenters. The van der Waals surface area contributed by atoms with Gasteiger partial charge in [0, 0.05) is 25.2 Å². The van der Waals surface area contributed by atoms with E-state index in [9.17, 15) is 0 Å². The standard InChI is InChI=1S/C31H43N2/c1-23-11-24(2)15-29(14-23)20-32(21-30-16-25(3)12-26(4)17-30)9-10-33(7,8)22-31-18-27(5)13-28(6)19-31/h11-19H,9-10,20-22H2,1-8H3/q+1. The van der Waals surface area contributed by atoms with Crippen molar-refractivity contribution in [2.75, 3.05) is 27.2 Å². The zero-order valence-electron chi connectivity index (χ0n) is 22.1. The molecule has 0 saturated carbocycles. The summed E-state index contributed by atoms with van der Waals surface area (Å²) in [5.74, 6) is 0. The molecule has 0 radical (unpaired) electrons. The van der Waals surface area contributed by atoms with Crippen LogP contribution in [0.25, 0.3) is 0 Å². The Kier molecular flexibility index (Phi) is 8.15. The summed E-state index contributed by atoms with van der Waals surface area (Å²) in [5.41, 5.74) is 12.4. The van der Waals surface area contributed by atoms with Gasteiger partial charge in [0.15, 0.2) is 0 Å². The fourth-order valence-electron chi connectivity index (χ4n) is 5.20. The first-order valence-corrected chi connectivity index (χ1v) is 12.2. The van der Waals surface area contributed by atoms with E-state index < -0.39 is 0 Å². The highest BCUT2D eigenvalue weighted by atomic mass is 15.3. The van der Waals surface area contributed by atoms with Crippen molar-refractivity contribution in [1.82, 2.24) is 4.90 Å². The van der Waals surface area contributed by atoms with Gasteiger partial charge in [0.1, 0.15) is 6.54 Å². The fraction of sp³-hybridized carbons (Fsp3) is 0.419. The van der Waals surface area contributed by atoms with E-state index in [2.05, 4.69) is 115 Å². The Morgan fingerprint density at radius 3 is 1.21 bits per heavy atom. The minimum atomic E-state index is 0.985. The van der Waals surface area contributed by atoms with Crippen LogP contribution >= 0.6 is 0 Å². The van der Waals surface area contributed by atoms with Gasteiger partial charge in [-0.05, 0) is 52.7 Å². The highest BCUT2D eigenvalue weighted by molar-refractivity contribution is 5.30. The molecular formula is C31H43N2+. The van der Waals surface area contributed by atoms with Gasteiger partial charge < -0.3 is 4.48 Å². The van der Waals surface area contributed by atoms with Gasteiger partial charge in [-0.1, -0.05) is 88.0 Å². The third-order valence-electron chi connectivity index (χ3n) is 6.29. The lowest BCUT2D eigenvalue weighted by Gasteiger charge is -2.33. The van der Waals surface area contributed by atoms with Crippen LogP contribution in [-0.2, 0) is 19.6 Å². The van der Waals surface area contributed by atoms with Crippen LogP contribution in [-0.4, -0.2) is 36.6 Å². The number of nitrogens with zero attached hydrogens (tertiary/aromatic N) is 2. The van der Waals surface area contributed by atoms with Crippen LogP contribution in [0.1, 0.15) is 50.1 Å². The molecular weight excluding hydrogens is 400 g/mol. The molecule has 2 nitrogen and oxygen atoms in total. The lowest BCUT2D eigenvalue weighted by Crippen LogP contribution is -2.44. The van der Waals surface area contributed by atoms with Gasteiger partial charge >= 0.3 is 0 Å². The van der Waals surface area contributed by atoms with Crippen LogP contribution in [0.3, 0.4) is 0 Å². The number of benzene rings is 3. The first-order chi connectivity index (χ1) is 15.5. The van der Waals surface area contributed by atoms with Crippen LogP contribution < -0.4 is 0 Å². The van der Waals surface area contributed by atoms with E-state index in [1.54, 1.807) is 0 Å². The topological polar surface area (TPSA) is 3.24 Å². The molecule has 0 saturated heterocycles. The van der Waals surface area contributed by atoms with Crippen molar-refractivity contribution < 1.29 is 4.48 Å². The maximum Gasteiger partial charge on any atom is 0.104 e. The van der Waals surface area contributed by atoms with Crippen molar-refractivity contribution in [3.63, 3.8) is 0 Å². The van der Waals surface area contributed by atoms with E-state index in [1.807, 2.05) is 0 Å². The number of rotatable bonds is 9. The predicted molar refractivity (Wildman–Crippen MR) is 143 cm³/mol. The highest BCUT2D eigenvalue weighted by Crippen LogP contribution is 2.18. The maximum absolute atomic E-state index is 2.63. The molecule has 0 bridgehead atoms. The number of hydrogen-bond acceptors (Lipinski definition) is 1. The molecule has 2 heteroatoms. The molecule has 0 atom stereocenters. The Morgan fingerprint density at radius 1 is 0.515 bits per heavy atom. The maximum atomic E-state index is 2.63. The van der Waals surface area contributed by atoms with Crippen molar-refractivity contribution >= 4 is 0 Å². The Bertz CT molecular complexity index is 980. The molecule has 33 heavy (non-hydrogen) atoms. The third-order valence-corrected chi connectivity index (χ3v) is 6.29. The van der Waals surface area contributed by atoms with Gasteiger partial charge in [0.25, 0.3) is 0 Å². The quantitative estimate of drug-likeness (QED) is 0.328. The summed E-state index contributed by atoms with van der Waals surface area (Å²) in [6.45, 7) is 18.4. The Morgan fingerprint density at radius 2 is 0.848 bits per heavy atom. The largest absolute Gasteiger partial charge is 0.324 e. The summed E-state index contributed by atoms with van der Waals surface area (Å²) < 4.78 is 0.985. The molecule has 0 heterocycles. The molecule has 3 aromatic carbocycles. The van der Waals surface area contributed by atoms with Gasteiger partial charge in [-0.25, -0.2) is 0 Å². The minimum absolute atomic E-state index is 0.985. The molecule has 3 aromatic rings. The van der Waals surface area contributed by atoms with Crippen LogP contribution in [0.15, 0.2) is 54.6 Å². The average Bonchev–Trinajstić information content (AvgIpc) is 2.63. The Hall–Kier alpha value is -2.42. The molecule has 0 aliphatic carbocycles. The second-order valence-electron chi connectivity index (χ2n) is 11.0. The zero-order valence-corrected chi connectivity index (χ0v) is 22.1. The zero-order chi connectivity index (χ0) is 24.2. The van der Waals surface area contributed by atoms with Crippen molar-refractivity contribution in [3.05, 3.63) is 105 Å². The van der Waals surface area contributed by atoms with Gasteiger partial charge in [0.2, 0.25) is 0 Å². The summed E-state index contributed by atoms with van der Waals surface area (Å²) in [6.07, 6.45) is 0. The van der Waals surface area contributed by atoms with Gasteiger partial charge in [-0.2, -0.15) is 0 Å². The molecule has 176 valence electrons. The molecule has 0 amide bonds. The Balaban J connectivity index is 1.77. The van der Waals surface area contributed by atoms with Crippen molar-refractivity contribution in [2.24, 2.45) is 0 Å². The van der Waals surface area contributed by atoms with Gasteiger partial charge in [-0.3, -0.25) is 4.90 Å². The van der Waals surface area contributed by atoms with E-state index in [4.69, 9.17) is 0 Å². The lowest BCUT2D eigenvalue weighted by atomic mass is 10.0. The molecule has 0 aliphatic heterocycles. The molecule has 0 spiro atoms. The second-order valence-corrected chi connectivity index (χ2v) is 11.0. The number of aryl methyl sites for hydroxylation is 6. The smallest absolute Gasteiger partial charge is 0.104 e. The summed E-state index contributed by atoms with van der Waals surface area (Å²) >= 11 is 0. The minimum Gasteiger partial charge on any atom is -0.324 e. The van der Waals surface area contributed by atoms with Crippen molar-refractivity contribution in [1.29, 1.82) is 0 Å². The SMILES string of the molecule is Cc1cc(C)cc(CN(CC[N+](C)(C)Cc2cc(C)cc(C)c2)Cc2cc(C)cc(C)c2)c1. The van der Waals surface area contributed by atoms with Crippen LogP contribution in [0.4, 0.5) is 0 Å². The summed E-state index contributed by atoms with van der Waals surface area (Å²) in [4.78, 5) is 2.63. The van der Waals surface area contributed by atoms with E-state index in [0.717, 1.165) is 37.2 Å². The van der Waals surface area contributed by atoms with E-state index >= 15 is 0 Å². The first-order valence-electron chi connectivity index (χ1n) is 12.2. The molecule has 0 aliphatic rings. The second kappa shape index (κ2) is 10.7. The predicted octanol–water partition coefficient (Wildman–Crippen LogP) is 6.82.